The molecule has 0 unspecified atom stereocenters. The van der Waals surface area contributed by atoms with Crippen LogP contribution in [-0.4, -0.2) is 23.3 Å². The predicted molar refractivity (Wildman–Crippen MR) is 95.8 cm³/mol. The Morgan fingerprint density at radius 2 is 2.00 bits per heavy atom. The quantitative estimate of drug-likeness (QED) is 0.809. The van der Waals surface area contributed by atoms with Gasteiger partial charge in [0.15, 0.2) is 5.78 Å². The van der Waals surface area contributed by atoms with Gasteiger partial charge >= 0.3 is 0 Å². The number of halogens is 1. The standard InChI is InChI=1S/C20H21FN2O3/c1-12-7-14(12)9-18(24)15-8-16(19(25)22-2)20(26)23(11-15)10-13-5-3-4-6-17(13)21/h3-6,8,11-12,14H,7,9-10H2,1-2H3,(H,22,25)/t12-,14-/m0/s1. The van der Waals surface area contributed by atoms with E-state index in [0.717, 1.165) is 6.42 Å². The molecule has 1 amide bonds. The summed E-state index contributed by atoms with van der Waals surface area (Å²) in [6.07, 6.45) is 2.84. The van der Waals surface area contributed by atoms with Crippen molar-refractivity contribution in [3.05, 3.63) is 69.4 Å². The molecule has 1 aromatic carbocycles. The van der Waals surface area contributed by atoms with Crippen molar-refractivity contribution < 1.29 is 14.0 Å². The van der Waals surface area contributed by atoms with Crippen LogP contribution in [0.1, 0.15) is 46.0 Å². The molecule has 1 heterocycles. The van der Waals surface area contributed by atoms with Gasteiger partial charge in [-0.3, -0.25) is 14.4 Å². The van der Waals surface area contributed by atoms with Gasteiger partial charge in [0.25, 0.3) is 11.5 Å². The summed E-state index contributed by atoms with van der Waals surface area (Å²) in [5, 5.41) is 2.41. The monoisotopic (exact) mass is 356 g/mol. The molecule has 0 saturated heterocycles. The summed E-state index contributed by atoms with van der Waals surface area (Å²) in [5.74, 6) is -0.220. The maximum absolute atomic E-state index is 14.0. The van der Waals surface area contributed by atoms with Crippen molar-refractivity contribution in [3.63, 3.8) is 0 Å². The van der Waals surface area contributed by atoms with Gasteiger partial charge in [-0.25, -0.2) is 4.39 Å². The van der Waals surface area contributed by atoms with Crippen LogP contribution >= 0.6 is 0 Å². The van der Waals surface area contributed by atoms with Crippen LogP contribution in [0.5, 0.6) is 0 Å². The zero-order chi connectivity index (χ0) is 18.8. The molecule has 1 saturated carbocycles. The molecule has 2 atom stereocenters. The molecule has 0 spiro atoms. The number of nitrogens with one attached hydrogen (secondary N) is 1. The first kappa shape index (κ1) is 18.0. The number of Topliss-reactive ketones (excluding diaryl/α,β-unsaturated/α-hetero) is 1. The lowest BCUT2D eigenvalue weighted by Crippen LogP contribution is -2.32. The third kappa shape index (κ3) is 3.74. The van der Waals surface area contributed by atoms with Gasteiger partial charge < -0.3 is 9.88 Å². The van der Waals surface area contributed by atoms with Gasteiger partial charge in [-0.05, 0) is 30.4 Å². The normalized spacial score (nSPS) is 18.4. The Bertz CT molecular complexity index is 920. The van der Waals surface area contributed by atoms with Gasteiger partial charge in [-0.2, -0.15) is 0 Å². The number of hydrogen-bond acceptors (Lipinski definition) is 3. The number of nitrogens with zero attached hydrogens (tertiary/aromatic N) is 1. The van der Waals surface area contributed by atoms with Gasteiger partial charge in [-0.15, -0.1) is 0 Å². The van der Waals surface area contributed by atoms with Crippen molar-refractivity contribution >= 4 is 11.7 Å². The lowest BCUT2D eigenvalue weighted by molar-refractivity contribution is 0.0961. The minimum absolute atomic E-state index is 0.0452. The molecule has 1 N–H and O–H groups in total. The minimum Gasteiger partial charge on any atom is -0.355 e. The van der Waals surface area contributed by atoms with Crippen LogP contribution in [0.15, 0.2) is 41.3 Å². The molecule has 5 nitrogen and oxygen atoms in total. The summed E-state index contributed by atoms with van der Waals surface area (Å²) in [6, 6.07) is 7.46. The van der Waals surface area contributed by atoms with Crippen LogP contribution < -0.4 is 10.9 Å². The zero-order valence-electron chi connectivity index (χ0n) is 14.8. The van der Waals surface area contributed by atoms with Gasteiger partial charge in [0.2, 0.25) is 0 Å². The van der Waals surface area contributed by atoms with Crippen molar-refractivity contribution in [3.8, 4) is 0 Å². The predicted octanol–water partition coefficient (Wildman–Crippen LogP) is 2.62. The molecular formula is C20H21FN2O3. The van der Waals surface area contributed by atoms with Crippen molar-refractivity contribution in [2.24, 2.45) is 11.8 Å². The van der Waals surface area contributed by atoms with E-state index in [1.165, 1.54) is 29.9 Å². The third-order valence-corrected chi connectivity index (χ3v) is 4.90. The Morgan fingerprint density at radius 3 is 2.62 bits per heavy atom. The highest BCUT2D eigenvalue weighted by atomic mass is 19.1. The van der Waals surface area contributed by atoms with E-state index >= 15 is 0 Å². The molecule has 6 heteroatoms. The average molecular weight is 356 g/mol. The number of benzene rings is 1. The van der Waals surface area contributed by atoms with Crippen molar-refractivity contribution in [1.29, 1.82) is 0 Å². The molecule has 1 aliphatic carbocycles. The van der Waals surface area contributed by atoms with Gasteiger partial charge in [0.05, 0.1) is 6.54 Å². The first-order chi connectivity index (χ1) is 12.4. The van der Waals surface area contributed by atoms with Gasteiger partial charge in [0.1, 0.15) is 11.4 Å². The Morgan fingerprint density at radius 1 is 1.31 bits per heavy atom. The largest absolute Gasteiger partial charge is 0.355 e. The van der Waals surface area contributed by atoms with E-state index in [9.17, 15) is 18.8 Å². The smallest absolute Gasteiger partial charge is 0.263 e. The topological polar surface area (TPSA) is 68.2 Å². The summed E-state index contributed by atoms with van der Waals surface area (Å²) in [6.45, 7) is 2.05. The van der Waals surface area contributed by atoms with Crippen LogP contribution in [0.25, 0.3) is 0 Å². The number of pyridine rings is 1. The second-order valence-electron chi connectivity index (χ2n) is 6.85. The van der Waals surface area contributed by atoms with Crippen LogP contribution in [-0.2, 0) is 6.54 Å². The molecule has 1 aromatic heterocycles. The zero-order valence-corrected chi connectivity index (χ0v) is 14.8. The Labute approximate surface area is 150 Å². The molecular weight excluding hydrogens is 335 g/mol. The van der Waals surface area contributed by atoms with E-state index in [0.29, 0.717) is 29.4 Å². The Balaban J connectivity index is 2.00. The molecule has 0 radical (unpaired) electrons. The van der Waals surface area contributed by atoms with Crippen LogP contribution in [0, 0.1) is 17.7 Å². The Kier molecular flexibility index (Phi) is 5.02. The SMILES string of the molecule is CNC(=O)c1cc(C(=O)C[C@@H]2C[C@@H]2C)cn(Cc2ccccc2F)c1=O. The highest BCUT2D eigenvalue weighted by molar-refractivity contribution is 6.00. The first-order valence-corrected chi connectivity index (χ1v) is 8.64. The lowest BCUT2D eigenvalue weighted by atomic mass is 10.0. The maximum atomic E-state index is 14.0. The molecule has 1 fully saturated rings. The summed E-state index contributed by atoms with van der Waals surface area (Å²) < 4.78 is 15.2. The van der Waals surface area contributed by atoms with Gasteiger partial charge in [0, 0.05) is 30.8 Å². The summed E-state index contributed by atoms with van der Waals surface area (Å²) in [7, 11) is 1.42. The average Bonchev–Trinajstić information content (AvgIpc) is 3.32. The summed E-state index contributed by atoms with van der Waals surface area (Å²) in [4.78, 5) is 37.2. The summed E-state index contributed by atoms with van der Waals surface area (Å²) >= 11 is 0. The Hall–Kier alpha value is -2.76. The number of amides is 1. The lowest BCUT2D eigenvalue weighted by Gasteiger charge is -2.12. The van der Waals surface area contributed by atoms with E-state index in [1.54, 1.807) is 18.2 Å². The fourth-order valence-electron chi connectivity index (χ4n) is 3.05. The van der Waals surface area contributed by atoms with Crippen molar-refractivity contribution in [2.75, 3.05) is 7.05 Å². The number of hydrogen-bond donors (Lipinski definition) is 1. The van der Waals surface area contributed by atoms with Crippen molar-refractivity contribution in [1.82, 2.24) is 9.88 Å². The minimum atomic E-state index is -0.563. The number of carbonyl (C=O) groups excluding carboxylic acids is 2. The fraction of sp³-hybridized carbons (Fsp3) is 0.350. The number of ketones is 1. The fourth-order valence-corrected chi connectivity index (χ4v) is 3.05. The highest BCUT2D eigenvalue weighted by Gasteiger charge is 2.34. The molecule has 1 aliphatic rings. The van der Waals surface area contributed by atoms with E-state index in [2.05, 4.69) is 12.2 Å². The number of carbonyl (C=O) groups is 2. The molecule has 0 aliphatic heterocycles. The third-order valence-electron chi connectivity index (χ3n) is 4.90. The maximum Gasteiger partial charge on any atom is 0.263 e. The second-order valence-corrected chi connectivity index (χ2v) is 6.85. The van der Waals surface area contributed by atoms with E-state index in [-0.39, 0.29) is 17.9 Å². The van der Waals surface area contributed by atoms with E-state index in [4.69, 9.17) is 0 Å². The molecule has 136 valence electrons. The highest BCUT2D eigenvalue weighted by Crippen LogP contribution is 2.41. The first-order valence-electron chi connectivity index (χ1n) is 8.64. The van der Waals surface area contributed by atoms with E-state index in [1.807, 2.05) is 0 Å². The molecule has 2 aromatic rings. The molecule has 3 rings (SSSR count). The number of rotatable bonds is 6. The summed E-state index contributed by atoms with van der Waals surface area (Å²) in [5.41, 5.74) is -0.0426. The second kappa shape index (κ2) is 7.23. The van der Waals surface area contributed by atoms with E-state index < -0.39 is 17.3 Å². The molecule has 0 bridgehead atoms. The number of aromatic nitrogens is 1. The van der Waals surface area contributed by atoms with Crippen LogP contribution in [0.3, 0.4) is 0 Å². The van der Waals surface area contributed by atoms with Gasteiger partial charge in [-0.1, -0.05) is 25.1 Å². The van der Waals surface area contributed by atoms with Crippen molar-refractivity contribution in [2.45, 2.75) is 26.3 Å². The van der Waals surface area contributed by atoms with Crippen LogP contribution in [0.4, 0.5) is 4.39 Å². The van der Waals surface area contributed by atoms with Crippen LogP contribution in [0.2, 0.25) is 0 Å². The molecule has 26 heavy (non-hydrogen) atoms.